The molecule has 0 saturated heterocycles. The molecule has 20 heavy (non-hydrogen) atoms. The van der Waals surface area contributed by atoms with Gasteiger partial charge in [0.15, 0.2) is 5.78 Å². The highest BCUT2D eigenvalue weighted by Gasteiger charge is 2.09. The molecule has 0 aliphatic carbocycles. The van der Waals surface area contributed by atoms with E-state index in [1.54, 1.807) is 0 Å². The van der Waals surface area contributed by atoms with Crippen LogP contribution in [0.3, 0.4) is 0 Å². The third kappa shape index (κ3) is 5.23. The van der Waals surface area contributed by atoms with Gasteiger partial charge in [-0.2, -0.15) is 0 Å². The normalized spacial score (nSPS) is 10.2. The second kappa shape index (κ2) is 8.39. The molecule has 2 aromatic carbocycles. The van der Waals surface area contributed by atoms with Crippen LogP contribution in [-0.2, 0) is 6.54 Å². The molecule has 0 aliphatic heterocycles. The average molecular weight is 402 g/mol. The van der Waals surface area contributed by atoms with Crippen LogP contribution in [-0.4, -0.2) is 24.3 Å². The maximum atomic E-state index is 12.2. The van der Waals surface area contributed by atoms with Gasteiger partial charge in [0, 0.05) is 15.7 Å². The van der Waals surface area contributed by atoms with E-state index < -0.39 is 0 Å². The third-order valence-corrected chi connectivity index (χ3v) is 3.53. The fourth-order valence-electron chi connectivity index (χ4n) is 1.95. The van der Waals surface area contributed by atoms with E-state index in [4.69, 9.17) is 0 Å². The predicted molar refractivity (Wildman–Crippen MR) is 93.5 cm³/mol. The molecule has 106 valence electrons. The second-order valence-corrected chi connectivity index (χ2v) is 5.84. The van der Waals surface area contributed by atoms with E-state index in [0.29, 0.717) is 6.54 Å². The number of Topliss-reactive ketones (excluding diaryl/α,β-unsaturated/α-hetero) is 1. The van der Waals surface area contributed by atoms with Crippen molar-refractivity contribution >= 4 is 40.8 Å². The maximum Gasteiger partial charge on any atom is 0.176 e. The van der Waals surface area contributed by atoms with Gasteiger partial charge in [0.05, 0.1) is 6.54 Å². The van der Waals surface area contributed by atoms with Crippen LogP contribution >= 0.6 is 35.0 Å². The molecule has 0 heterocycles. The third-order valence-electron chi connectivity index (χ3n) is 2.86. The molecular formula is C16H17ClINO. The largest absolute Gasteiger partial charge is 0.295 e. The summed E-state index contributed by atoms with van der Waals surface area (Å²) < 4.78 is 1.09. The molecule has 2 aromatic rings. The van der Waals surface area contributed by atoms with E-state index in [2.05, 4.69) is 34.7 Å². The van der Waals surface area contributed by atoms with Crippen LogP contribution in [0.2, 0.25) is 0 Å². The summed E-state index contributed by atoms with van der Waals surface area (Å²) in [5.41, 5.74) is 2.01. The Kier molecular flexibility index (Phi) is 7.19. The van der Waals surface area contributed by atoms with Crippen molar-refractivity contribution in [2.24, 2.45) is 0 Å². The summed E-state index contributed by atoms with van der Waals surface area (Å²) in [5, 5.41) is 0. The van der Waals surface area contributed by atoms with Crippen LogP contribution in [0.25, 0.3) is 0 Å². The van der Waals surface area contributed by atoms with Gasteiger partial charge >= 0.3 is 0 Å². The lowest BCUT2D eigenvalue weighted by Crippen LogP contribution is -2.25. The highest BCUT2D eigenvalue weighted by Crippen LogP contribution is 2.10. The fourth-order valence-corrected chi connectivity index (χ4v) is 2.49. The van der Waals surface area contributed by atoms with Crippen molar-refractivity contribution in [2.45, 2.75) is 6.54 Å². The number of likely N-dealkylation sites (N-methyl/N-ethyl adjacent to an activating group) is 1. The molecular weight excluding hydrogens is 385 g/mol. The van der Waals surface area contributed by atoms with Gasteiger partial charge in [0.2, 0.25) is 0 Å². The van der Waals surface area contributed by atoms with Crippen LogP contribution < -0.4 is 0 Å². The average Bonchev–Trinajstić information content (AvgIpc) is 2.39. The van der Waals surface area contributed by atoms with Gasteiger partial charge in [-0.15, -0.1) is 12.4 Å². The quantitative estimate of drug-likeness (QED) is 0.557. The zero-order valence-corrected chi connectivity index (χ0v) is 14.2. The van der Waals surface area contributed by atoms with Crippen LogP contribution in [0, 0.1) is 3.57 Å². The summed E-state index contributed by atoms with van der Waals surface area (Å²) in [6, 6.07) is 17.9. The molecule has 2 nitrogen and oxygen atoms in total. The van der Waals surface area contributed by atoms with E-state index in [1.807, 2.05) is 54.4 Å². The lowest BCUT2D eigenvalue weighted by atomic mass is 10.1. The van der Waals surface area contributed by atoms with Crippen LogP contribution in [0.15, 0.2) is 54.6 Å². The first kappa shape index (κ1) is 17.1. The van der Waals surface area contributed by atoms with Crippen molar-refractivity contribution in [3.05, 3.63) is 69.3 Å². The highest BCUT2D eigenvalue weighted by molar-refractivity contribution is 14.1. The molecule has 0 N–H and O–H groups in total. The Balaban J connectivity index is 0.00000200. The van der Waals surface area contributed by atoms with Crippen molar-refractivity contribution in [1.29, 1.82) is 0 Å². The lowest BCUT2D eigenvalue weighted by molar-refractivity contribution is 0.0943. The molecule has 0 radical (unpaired) electrons. The van der Waals surface area contributed by atoms with Gasteiger partial charge in [-0.3, -0.25) is 9.69 Å². The van der Waals surface area contributed by atoms with Crippen molar-refractivity contribution in [1.82, 2.24) is 4.90 Å². The first-order valence-electron chi connectivity index (χ1n) is 6.16. The van der Waals surface area contributed by atoms with Gasteiger partial charge in [0.25, 0.3) is 0 Å². The number of carbonyl (C=O) groups is 1. The number of halogens is 2. The number of hydrogen-bond acceptors (Lipinski definition) is 2. The Hall–Kier alpha value is -0.910. The molecule has 2 rings (SSSR count). The monoisotopic (exact) mass is 401 g/mol. The number of rotatable bonds is 5. The van der Waals surface area contributed by atoms with Gasteiger partial charge in [-0.25, -0.2) is 0 Å². The Bertz CT molecular complexity index is 559. The number of carbonyl (C=O) groups excluding carboxylic acids is 1. The summed E-state index contributed by atoms with van der Waals surface area (Å²) in [5.74, 6) is 0.164. The molecule has 0 saturated carbocycles. The Labute approximate surface area is 139 Å². The second-order valence-electron chi connectivity index (χ2n) is 4.59. The molecule has 0 fully saturated rings. The van der Waals surface area contributed by atoms with E-state index in [-0.39, 0.29) is 18.2 Å². The topological polar surface area (TPSA) is 20.3 Å². The summed E-state index contributed by atoms with van der Waals surface area (Å²) in [6.45, 7) is 1.23. The lowest BCUT2D eigenvalue weighted by Gasteiger charge is -2.15. The van der Waals surface area contributed by atoms with Gasteiger partial charge in [-0.1, -0.05) is 42.5 Å². The van der Waals surface area contributed by atoms with Crippen LogP contribution in [0.1, 0.15) is 15.9 Å². The van der Waals surface area contributed by atoms with Crippen molar-refractivity contribution in [3.8, 4) is 0 Å². The first-order valence-corrected chi connectivity index (χ1v) is 7.24. The van der Waals surface area contributed by atoms with E-state index >= 15 is 0 Å². The predicted octanol–water partition coefficient (Wildman–Crippen LogP) is 4.03. The number of benzene rings is 2. The SMILES string of the molecule is CN(CC(=O)c1cccc(I)c1)Cc1ccccc1.Cl. The van der Waals surface area contributed by atoms with Gasteiger partial charge < -0.3 is 0 Å². The Morgan fingerprint density at radius 2 is 1.80 bits per heavy atom. The smallest absolute Gasteiger partial charge is 0.176 e. The summed E-state index contributed by atoms with van der Waals surface area (Å²) >= 11 is 2.23. The van der Waals surface area contributed by atoms with Gasteiger partial charge in [0.1, 0.15) is 0 Å². The summed E-state index contributed by atoms with van der Waals surface area (Å²) in [6.07, 6.45) is 0. The maximum absolute atomic E-state index is 12.2. The van der Waals surface area contributed by atoms with Crippen molar-refractivity contribution in [3.63, 3.8) is 0 Å². The Morgan fingerprint density at radius 1 is 1.10 bits per heavy atom. The zero-order valence-electron chi connectivity index (χ0n) is 11.3. The highest BCUT2D eigenvalue weighted by atomic mass is 127. The molecule has 4 heteroatoms. The fraction of sp³-hybridized carbons (Fsp3) is 0.188. The minimum Gasteiger partial charge on any atom is -0.295 e. The number of hydrogen-bond donors (Lipinski definition) is 0. The molecule has 0 unspecified atom stereocenters. The molecule has 0 bridgehead atoms. The molecule has 0 aromatic heterocycles. The molecule has 0 amide bonds. The minimum atomic E-state index is 0. The molecule has 0 aliphatic rings. The van der Waals surface area contributed by atoms with Crippen LogP contribution in [0.4, 0.5) is 0 Å². The Morgan fingerprint density at radius 3 is 2.45 bits per heavy atom. The number of ketones is 1. The summed E-state index contributed by atoms with van der Waals surface area (Å²) in [7, 11) is 1.97. The van der Waals surface area contributed by atoms with E-state index in [1.165, 1.54) is 5.56 Å². The standard InChI is InChI=1S/C16H16INO.ClH/c1-18(11-13-6-3-2-4-7-13)12-16(19)14-8-5-9-15(17)10-14;/h2-10H,11-12H2,1H3;1H. The van der Waals surface area contributed by atoms with Gasteiger partial charge in [-0.05, 0) is 47.3 Å². The minimum absolute atomic E-state index is 0. The first-order chi connectivity index (χ1) is 9.15. The molecule has 0 atom stereocenters. The van der Waals surface area contributed by atoms with Crippen molar-refractivity contribution in [2.75, 3.05) is 13.6 Å². The summed E-state index contributed by atoms with van der Waals surface area (Å²) in [4.78, 5) is 14.2. The van der Waals surface area contributed by atoms with E-state index in [9.17, 15) is 4.79 Å². The molecule has 0 spiro atoms. The number of nitrogens with zero attached hydrogens (tertiary/aromatic N) is 1. The zero-order chi connectivity index (χ0) is 13.7. The van der Waals surface area contributed by atoms with Crippen molar-refractivity contribution < 1.29 is 4.79 Å². The van der Waals surface area contributed by atoms with E-state index in [0.717, 1.165) is 15.7 Å². The van der Waals surface area contributed by atoms with Crippen LogP contribution in [0.5, 0.6) is 0 Å².